The van der Waals surface area contributed by atoms with Crippen LogP contribution in [-0.2, 0) is 11.3 Å². The van der Waals surface area contributed by atoms with E-state index in [1.54, 1.807) is 14.2 Å². The quantitative estimate of drug-likeness (QED) is 0.257. The first-order valence-corrected chi connectivity index (χ1v) is 7.92. The Labute approximate surface area is 157 Å². The molecule has 5 nitrogen and oxygen atoms in total. The molecule has 0 saturated heterocycles. The van der Waals surface area contributed by atoms with Crippen LogP contribution in [0, 0.1) is 0 Å². The van der Waals surface area contributed by atoms with Crippen molar-refractivity contribution in [2.45, 2.75) is 19.4 Å². The summed E-state index contributed by atoms with van der Waals surface area (Å²) in [5, 5.41) is 6.61. The summed E-state index contributed by atoms with van der Waals surface area (Å²) < 4.78 is 5.03. The van der Waals surface area contributed by atoms with Crippen LogP contribution in [0.25, 0.3) is 0 Å². The lowest BCUT2D eigenvalue weighted by molar-refractivity contribution is 0.195. The molecule has 0 unspecified atom stereocenters. The van der Waals surface area contributed by atoms with Gasteiger partial charge in [0.05, 0.1) is 0 Å². The summed E-state index contributed by atoms with van der Waals surface area (Å²) >= 11 is 0. The Morgan fingerprint density at radius 3 is 2.39 bits per heavy atom. The molecule has 0 atom stereocenters. The van der Waals surface area contributed by atoms with Gasteiger partial charge in [-0.15, -0.1) is 24.0 Å². The van der Waals surface area contributed by atoms with Crippen molar-refractivity contribution < 1.29 is 4.74 Å². The highest BCUT2D eigenvalue weighted by molar-refractivity contribution is 14.0. The molecule has 132 valence electrons. The van der Waals surface area contributed by atoms with Crippen LogP contribution in [0.15, 0.2) is 35.3 Å². The molecule has 0 aliphatic carbocycles. The summed E-state index contributed by atoms with van der Waals surface area (Å²) in [5.74, 6) is 0.863. The van der Waals surface area contributed by atoms with Gasteiger partial charge in [0.1, 0.15) is 0 Å². The average Bonchev–Trinajstić information content (AvgIpc) is 2.54. The number of nitrogens with one attached hydrogen (secondary N) is 2. The summed E-state index contributed by atoms with van der Waals surface area (Å²) in [5.41, 5.74) is 1.36. The van der Waals surface area contributed by atoms with Gasteiger partial charge in [0.15, 0.2) is 5.96 Å². The summed E-state index contributed by atoms with van der Waals surface area (Å²) in [7, 11) is 5.68. The van der Waals surface area contributed by atoms with E-state index in [-0.39, 0.29) is 24.0 Å². The molecule has 6 heteroatoms. The van der Waals surface area contributed by atoms with Crippen molar-refractivity contribution in [3.63, 3.8) is 0 Å². The summed E-state index contributed by atoms with van der Waals surface area (Å²) in [6.07, 6.45) is 2.07. The van der Waals surface area contributed by atoms with Crippen molar-refractivity contribution in [1.82, 2.24) is 15.5 Å². The monoisotopic (exact) mass is 434 g/mol. The first-order valence-electron chi connectivity index (χ1n) is 7.92. The third-order valence-electron chi connectivity index (χ3n) is 3.35. The van der Waals surface area contributed by atoms with Crippen LogP contribution in [-0.4, -0.2) is 58.3 Å². The second-order valence-electron chi connectivity index (χ2n) is 5.35. The van der Waals surface area contributed by atoms with Gasteiger partial charge in [-0.05, 0) is 32.0 Å². The lowest BCUT2D eigenvalue weighted by atomic mass is 10.2. The van der Waals surface area contributed by atoms with Gasteiger partial charge in [0.2, 0.25) is 0 Å². The van der Waals surface area contributed by atoms with Gasteiger partial charge in [-0.2, -0.15) is 0 Å². The van der Waals surface area contributed by atoms with Crippen LogP contribution in [0.4, 0.5) is 0 Å². The molecule has 23 heavy (non-hydrogen) atoms. The highest BCUT2D eigenvalue weighted by Gasteiger charge is 2.01. The molecule has 1 aromatic rings. The van der Waals surface area contributed by atoms with Crippen LogP contribution in [0.3, 0.4) is 0 Å². The van der Waals surface area contributed by atoms with Gasteiger partial charge in [-0.1, -0.05) is 30.3 Å². The predicted molar refractivity (Wildman–Crippen MR) is 109 cm³/mol. The lowest BCUT2D eigenvalue weighted by Crippen LogP contribution is -2.39. The smallest absolute Gasteiger partial charge is 0.190 e. The fourth-order valence-electron chi connectivity index (χ4n) is 2.17. The second-order valence-corrected chi connectivity index (χ2v) is 5.35. The normalized spacial score (nSPS) is 11.2. The van der Waals surface area contributed by atoms with Crippen LogP contribution in [0.2, 0.25) is 0 Å². The van der Waals surface area contributed by atoms with Gasteiger partial charge < -0.3 is 20.3 Å². The molecule has 0 bridgehead atoms. The third-order valence-corrected chi connectivity index (χ3v) is 3.35. The number of ether oxygens (including phenoxy) is 1. The summed E-state index contributed by atoms with van der Waals surface area (Å²) in [4.78, 5) is 6.55. The van der Waals surface area contributed by atoms with Gasteiger partial charge in [0, 0.05) is 40.4 Å². The SMILES string of the molecule is CN=C(NCCCOC)NCCCN(C)Cc1ccccc1.I. The Bertz CT molecular complexity index is 414. The van der Waals surface area contributed by atoms with Crippen LogP contribution in [0.5, 0.6) is 0 Å². The van der Waals surface area contributed by atoms with Gasteiger partial charge in [-0.3, -0.25) is 4.99 Å². The molecule has 0 fully saturated rings. The minimum Gasteiger partial charge on any atom is -0.385 e. The number of guanidine groups is 1. The highest BCUT2D eigenvalue weighted by atomic mass is 127. The van der Waals surface area contributed by atoms with E-state index >= 15 is 0 Å². The van der Waals surface area contributed by atoms with E-state index in [1.165, 1.54) is 5.56 Å². The fourth-order valence-corrected chi connectivity index (χ4v) is 2.17. The Morgan fingerprint density at radius 1 is 1.13 bits per heavy atom. The number of hydrogen-bond acceptors (Lipinski definition) is 3. The molecule has 0 amide bonds. The molecule has 0 radical (unpaired) electrons. The van der Waals surface area contributed by atoms with Crippen molar-refractivity contribution in [3.8, 4) is 0 Å². The van der Waals surface area contributed by atoms with Gasteiger partial charge in [0.25, 0.3) is 0 Å². The molecule has 0 heterocycles. The second kappa shape index (κ2) is 14.7. The molecule has 0 aliphatic heterocycles. The zero-order valence-corrected chi connectivity index (χ0v) is 16.9. The van der Waals surface area contributed by atoms with Crippen molar-refractivity contribution in [3.05, 3.63) is 35.9 Å². The number of methoxy groups -OCH3 is 1. The average molecular weight is 434 g/mol. The van der Waals surface area contributed by atoms with Crippen LogP contribution >= 0.6 is 24.0 Å². The highest BCUT2D eigenvalue weighted by Crippen LogP contribution is 2.02. The van der Waals surface area contributed by atoms with E-state index in [2.05, 4.69) is 57.9 Å². The van der Waals surface area contributed by atoms with E-state index in [4.69, 9.17) is 4.74 Å². The maximum atomic E-state index is 5.03. The third kappa shape index (κ3) is 11.3. The van der Waals surface area contributed by atoms with E-state index in [1.807, 2.05) is 0 Å². The van der Waals surface area contributed by atoms with Gasteiger partial charge in [-0.25, -0.2) is 0 Å². The number of benzene rings is 1. The molecule has 1 rings (SSSR count). The molecular weight excluding hydrogens is 403 g/mol. The molecule has 1 aromatic carbocycles. The van der Waals surface area contributed by atoms with Crippen molar-refractivity contribution in [2.75, 3.05) is 47.4 Å². The van der Waals surface area contributed by atoms with E-state index < -0.39 is 0 Å². The summed E-state index contributed by atoms with van der Waals surface area (Å²) in [6, 6.07) is 10.6. The number of halogens is 1. The van der Waals surface area contributed by atoms with Crippen molar-refractivity contribution in [1.29, 1.82) is 0 Å². The van der Waals surface area contributed by atoms with Gasteiger partial charge >= 0.3 is 0 Å². The number of aliphatic imine (C=N–C) groups is 1. The molecule has 0 aliphatic rings. The van der Waals surface area contributed by atoms with Crippen LogP contribution < -0.4 is 10.6 Å². The minimum atomic E-state index is 0. The van der Waals surface area contributed by atoms with E-state index in [0.29, 0.717) is 0 Å². The number of hydrogen-bond donors (Lipinski definition) is 2. The van der Waals surface area contributed by atoms with E-state index in [0.717, 1.165) is 51.6 Å². The van der Waals surface area contributed by atoms with Crippen molar-refractivity contribution >= 4 is 29.9 Å². The standard InChI is InChI=1S/C17H30N4O.HI/c1-18-17(20-12-8-14-22-3)19-11-7-13-21(2)15-16-9-5-4-6-10-16;/h4-6,9-10H,7-8,11-15H2,1-3H3,(H2,18,19,20);1H. The summed E-state index contributed by atoms with van der Waals surface area (Å²) in [6.45, 7) is 4.62. The Morgan fingerprint density at radius 2 is 1.78 bits per heavy atom. The number of nitrogens with zero attached hydrogens (tertiary/aromatic N) is 2. The molecular formula is C17H31IN4O. The zero-order valence-electron chi connectivity index (χ0n) is 14.5. The van der Waals surface area contributed by atoms with E-state index in [9.17, 15) is 0 Å². The van der Waals surface area contributed by atoms with Crippen LogP contribution in [0.1, 0.15) is 18.4 Å². The molecule has 0 spiro atoms. The predicted octanol–water partition coefficient (Wildman–Crippen LogP) is 2.33. The maximum Gasteiger partial charge on any atom is 0.190 e. The first-order chi connectivity index (χ1) is 10.8. The Hall–Kier alpha value is -0.860. The Balaban J connectivity index is 0.00000484. The topological polar surface area (TPSA) is 48.9 Å². The molecule has 2 N–H and O–H groups in total. The number of rotatable bonds is 10. The zero-order chi connectivity index (χ0) is 16.0. The first kappa shape index (κ1) is 22.1. The minimum absolute atomic E-state index is 0. The maximum absolute atomic E-state index is 5.03. The fraction of sp³-hybridized carbons (Fsp3) is 0.588. The molecule has 0 aromatic heterocycles. The lowest BCUT2D eigenvalue weighted by Gasteiger charge is -2.17. The Kier molecular flexibility index (Phi) is 14.2. The molecule has 0 saturated carbocycles. The van der Waals surface area contributed by atoms with Crippen molar-refractivity contribution in [2.24, 2.45) is 4.99 Å². The largest absolute Gasteiger partial charge is 0.385 e.